The molecule has 9 heteroatoms. The number of carbonyl (C=O) groups excluding carboxylic acids is 1. The van der Waals surface area contributed by atoms with Gasteiger partial charge in [0.25, 0.3) is 0 Å². The molecule has 0 spiro atoms. The molecule has 1 atom stereocenters. The number of nitrogens with one attached hydrogen (secondary N) is 2. The van der Waals surface area contributed by atoms with Crippen LogP contribution in [0.2, 0.25) is 0 Å². The Labute approximate surface area is 162 Å². The van der Waals surface area contributed by atoms with Gasteiger partial charge >= 0.3 is 6.03 Å². The Hall–Kier alpha value is -2.52. The SMILES string of the molecule is O=C(NC[C@H]1CCCCN1S(=O)(=O)c1cc(F)ccc1F)Nc1ccccc1. The Morgan fingerprint density at radius 1 is 1.11 bits per heavy atom. The zero-order valence-corrected chi connectivity index (χ0v) is 15.9. The van der Waals surface area contributed by atoms with E-state index in [0.717, 1.165) is 22.9 Å². The third kappa shape index (κ3) is 4.66. The van der Waals surface area contributed by atoms with Crippen molar-refractivity contribution >= 4 is 21.7 Å². The zero-order valence-electron chi connectivity index (χ0n) is 15.1. The minimum absolute atomic E-state index is 0.0643. The van der Waals surface area contributed by atoms with Crippen molar-refractivity contribution in [1.29, 1.82) is 0 Å². The van der Waals surface area contributed by atoms with Crippen LogP contribution in [0.4, 0.5) is 19.3 Å². The van der Waals surface area contributed by atoms with Gasteiger partial charge in [-0.25, -0.2) is 22.0 Å². The summed E-state index contributed by atoms with van der Waals surface area (Å²) in [6.07, 6.45) is 1.91. The van der Waals surface area contributed by atoms with E-state index in [2.05, 4.69) is 10.6 Å². The van der Waals surface area contributed by atoms with E-state index in [1.165, 1.54) is 0 Å². The average molecular weight is 409 g/mol. The number of carbonyl (C=O) groups is 1. The predicted octanol–water partition coefficient (Wildman–Crippen LogP) is 3.33. The van der Waals surface area contributed by atoms with Crippen LogP contribution in [0.25, 0.3) is 0 Å². The van der Waals surface area contributed by atoms with Crippen molar-refractivity contribution in [2.45, 2.75) is 30.2 Å². The molecule has 0 radical (unpaired) electrons. The lowest BCUT2D eigenvalue weighted by atomic mass is 10.1. The minimum Gasteiger partial charge on any atom is -0.336 e. The first-order chi connectivity index (χ1) is 13.4. The van der Waals surface area contributed by atoms with E-state index < -0.39 is 38.6 Å². The molecule has 3 rings (SSSR count). The van der Waals surface area contributed by atoms with Gasteiger partial charge in [0.1, 0.15) is 16.5 Å². The van der Waals surface area contributed by atoms with Crippen LogP contribution in [0.15, 0.2) is 53.4 Å². The fourth-order valence-corrected chi connectivity index (χ4v) is 4.97. The second-order valence-corrected chi connectivity index (χ2v) is 8.40. The van der Waals surface area contributed by atoms with Crippen LogP contribution in [0.3, 0.4) is 0 Å². The number of piperidine rings is 1. The fourth-order valence-electron chi connectivity index (χ4n) is 3.20. The summed E-state index contributed by atoms with van der Waals surface area (Å²) in [6.45, 7) is 0.250. The topological polar surface area (TPSA) is 78.5 Å². The van der Waals surface area contributed by atoms with Crippen LogP contribution in [0.1, 0.15) is 19.3 Å². The lowest BCUT2D eigenvalue weighted by molar-refractivity contribution is 0.231. The Balaban J connectivity index is 1.71. The molecule has 0 aliphatic carbocycles. The second-order valence-electron chi connectivity index (χ2n) is 6.54. The smallest absolute Gasteiger partial charge is 0.319 e. The lowest BCUT2D eigenvalue weighted by Gasteiger charge is -2.34. The summed E-state index contributed by atoms with van der Waals surface area (Å²) in [5.41, 5.74) is 0.606. The molecule has 0 unspecified atom stereocenters. The van der Waals surface area contributed by atoms with E-state index in [4.69, 9.17) is 0 Å². The number of halogens is 2. The number of hydrogen-bond acceptors (Lipinski definition) is 3. The minimum atomic E-state index is -4.22. The number of hydrogen-bond donors (Lipinski definition) is 2. The first-order valence-corrected chi connectivity index (χ1v) is 10.4. The molecule has 0 bridgehead atoms. The summed E-state index contributed by atoms with van der Waals surface area (Å²) >= 11 is 0. The van der Waals surface area contributed by atoms with Crippen molar-refractivity contribution in [2.75, 3.05) is 18.4 Å². The largest absolute Gasteiger partial charge is 0.336 e. The van der Waals surface area contributed by atoms with Gasteiger partial charge in [0, 0.05) is 24.8 Å². The number of para-hydroxylation sites is 1. The third-order valence-electron chi connectivity index (χ3n) is 4.58. The molecular weight excluding hydrogens is 388 g/mol. The summed E-state index contributed by atoms with van der Waals surface area (Å²) in [5, 5.41) is 5.31. The van der Waals surface area contributed by atoms with Crippen molar-refractivity contribution in [3.05, 3.63) is 60.2 Å². The predicted molar refractivity (Wildman–Crippen MR) is 101 cm³/mol. The van der Waals surface area contributed by atoms with E-state index in [1.54, 1.807) is 24.3 Å². The van der Waals surface area contributed by atoms with Crippen molar-refractivity contribution in [1.82, 2.24) is 9.62 Å². The standard InChI is InChI=1S/C19H21F2N3O3S/c20-14-9-10-17(21)18(12-14)28(26,27)24-11-5-4-8-16(24)13-22-19(25)23-15-6-2-1-3-7-15/h1-3,6-7,9-10,12,16H,4-5,8,11,13H2,(H2,22,23,25)/t16-/m1/s1. The molecule has 28 heavy (non-hydrogen) atoms. The summed E-state index contributed by atoms with van der Waals surface area (Å²) in [6, 6.07) is 10.2. The van der Waals surface area contributed by atoms with Crippen molar-refractivity contribution in [2.24, 2.45) is 0 Å². The molecule has 1 fully saturated rings. The van der Waals surface area contributed by atoms with Crippen LogP contribution in [0.5, 0.6) is 0 Å². The second kappa shape index (κ2) is 8.66. The van der Waals surface area contributed by atoms with E-state index in [-0.39, 0.29) is 13.1 Å². The summed E-state index contributed by atoms with van der Waals surface area (Å²) in [7, 11) is -4.22. The van der Waals surface area contributed by atoms with Crippen molar-refractivity contribution < 1.29 is 22.0 Å². The maximum atomic E-state index is 14.1. The Kier molecular flexibility index (Phi) is 6.25. The third-order valence-corrected chi connectivity index (χ3v) is 6.55. The van der Waals surface area contributed by atoms with Crippen molar-refractivity contribution in [3.8, 4) is 0 Å². The molecule has 6 nitrogen and oxygen atoms in total. The van der Waals surface area contributed by atoms with Gasteiger partial charge in [-0.15, -0.1) is 0 Å². The van der Waals surface area contributed by atoms with E-state index >= 15 is 0 Å². The maximum Gasteiger partial charge on any atom is 0.319 e. The molecule has 150 valence electrons. The summed E-state index contributed by atoms with van der Waals surface area (Å²) in [5.74, 6) is -1.82. The molecular formula is C19H21F2N3O3S. The van der Waals surface area contributed by atoms with Gasteiger partial charge in [-0.2, -0.15) is 4.31 Å². The van der Waals surface area contributed by atoms with Crippen LogP contribution < -0.4 is 10.6 Å². The molecule has 2 aromatic rings. The number of amides is 2. The molecule has 1 aliphatic rings. The van der Waals surface area contributed by atoms with E-state index in [1.807, 2.05) is 6.07 Å². The molecule has 0 saturated carbocycles. The normalized spacial score (nSPS) is 17.9. The first-order valence-electron chi connectivity index (χ1n) is 8.95. The number of rotatable bonds is 5. The van der Waals surface area contributed by atoms with Gasteiger partial charge in [-0.3, -0.25) is 0 Å². The van der Waals surface area contributed by atoms with Gasteiger partial charge in [0.2, 0.25) is 10.0 Å². The van der Waals surface area contributed by atoms with Crippen LogP contribution in [-0.4, -0.2) is 37.9 Å². The molecule has 1 aliphatic heterocycles. The highest BCUT2D eigenvalue weighted by Crippen LogP contribution is 2.27. The molecule has 2 amide bonds. The van der Waals surface area contributed by atoms with E-state index in [0.29, 0.717) is 24.6 Å². The first kappa shape index (κ1) is 20.2. The molecule has 2 N–H and O–H groups in total. The number of urea groups is 1. The van der Waals surface area contributed by atoms with Gasteiger partial charge in [-0.05, 0) is 43.2 Å². The van der Waals surface area contributed by atoms with E-state index in [9.17, 15) is 22.0 Å². The summed E-state index contributed by atoms with van der Waals surface area (Å²) < 4.78 is 54.5. The molecule has 1 saturated heterocycles. The monoisotopic (exact) mass is 409 g/mol. The number of sulfonamides is 1. The highest BCUT2D eigenvalue weighted by molar-refractivity contribution is 7.89. The highest BCUT2D eigenvalue weighted by atomic mass is 32.2. The van der Waals surface area contributed by atoms with Gasteiger partial charge in [-0.1, -0.05) is 24.6 Å². The van der Waals surface area contributed by atoms with Gasteiger partial charge in [0.15, 0.2) is 0 Å². The zero-order chi connectivity index (χ0) is 20.1. The average Bonchev–Trinajstić information content (AvgIpc) is 2.69. The van der Waals surface area contributed by atoms with Crippen LogP contribution >= 0.6 is 0 Å². The Morgan fingerprint density at radius 2 is 1.86 bits per heavy atom. The molecule has 2 aromatic carbocycles. The van der Waals surface area contributed by atoms with Gasteiger partial charge < -0.3 is 10.6 Å². The number of benzene rings is 2. The number of anilines is 1. The highest BCUT2D eigenvalue weighted by Gasteiger charge is 2.35. The fraction of sp³-hybridized carbons (Fsp3) is 0.316. The quantitative estimate of drug-likeness (QED) is 0.795. The van der Waals surface area contributed by atoms with Crippen LogP contribution in [-0.2, 0) is 10.0 Å². The lowest BCUT2D eigenvalue weighted by Crippen LogP contribution is -2.50. The Bertz CT molecular complexity index is 939. The number of nitrogens with zero attached hydrogens (tertiary/aromatic N) is 1. The van der Waals surface area contributed by atoms with Gasteiger partial charge in [0.05, 0.1) is 0 Å². The molecule has 0 aromatic heterocycles. The van der Waals surface area contributed by atoms with Crippen molar-refractivity contribution in [3.63, 3.8) is 0 Å². The summed E-state index contributed by atoms with van der Waals surface area (Å²) in [4.78, 5) is 11.4. The maximum absolute atomic E-state index is 14.1. The molecule has 1 heterocycles. The Morgan fingerprint density at radius 3 is 2.61 bits per heavy atom. The van der Waals surface area contributed by atoms with Crippen LogP contribution in [0, 0.1) is 11.6 Å².